The van der Waals surface area contributed by atoms with E-state index in [1.165, 1.54) is 19.2 Å². The summed E-state index contributed by atoms with van der Waals surface area (Å²) in [6.45, 7) is 6.20. The zero-order valence-electron chi connectivity index (χ0n) is 25.4. The predicted octanol–water partition coefficient (Wildman–Crippen LogP) is 3.28. The van der Waals surface area contributed by atoms with Gasteiger partial charge in [0.2, 0.25) is 5.91 Å². The van der Waals surface area contributed by atoms with Crippen molar-refractivity contribution in [1.29, 1.82) is 0 Å². The van der Waals surface area contributed by atoms with Crippen LogP contribution >= 0.6 is 0 Å². The third-order valence-corrected chi connectivity index (χ3v) is 7.24. The number of ether oxygens (including phenoxy) is 5. The van der Waals surface area contributed by atoms with E-state index in [1.54, 1.807) is 56.9 Å². The molecule has 12 nitrogen and oxygen atoms in total. The molecule has 43 heavy (non-hydrogen) atoms. The number of morpholine rings is 1. The summed E-state index contributed by atoms with van der Waals surface area (Å²) < 4.78 is 27.2. The number of fused-ring (bicyclic) bond motifs is 1. The Morgan fingerprint density at radius 1 is 0.977 bits per heavy atom. The molecular weight excluding hydrogens is 558 g/mol. The summed E-state index contributed by atoms with van der Waals surface area (Å²) in [5.74, 6) is -0.0620. The largest absolute Gasteiger partial charge is 0.493 e. The lowest BCUT2D eigenvalue weighted by molar-refractivity contribution is -0.168. The number of anilines is 1. The Kier molecular flexibility index (Phi) is 9.80. The van der Waals surface area contributed by atoms with Crippen LogP contribution in [-0.2, 0) is 30.2 Å². The van der Waals surface area contributed by atoms with Crippen molar-refractivity contribution in [3.05, 3.63) is 53.6 Å². The van der Waals surface area contributed by atoms with E-state index in [9.17, 15) is 19.2 Å². The zero-order valence-corrected chi connectivity index (χ0v) is 25.4. The second-order valence-corrected chi connectivity index (χ2v) is 11.4. The van der Waals surface area contributed by atoms with E-state index < -0.39 is 41.8 Å². The maximum absolute atomic E-state index is 13.7. The van der Waals surface area contributed by atoms with Crippen LogP contribution in [0, 0.1) is 0 Å². The summed E-state index contributed by atoms with van der Waals surface area (Å²) in [5.41, 5.74) is 1.06. The van der Waals surface area contributed by atoms with Crippen LogP contribution in [0.5, 0.6) is 11.5 Å². The highest BCUT2D eigenvalue weighted by Crippen LogP contribution is 2.31. The van der Waals surface area contributed by atoms with E-state index in [0.717, 1.165) is 5.56 Å². The average molecular weight is 598 g/mol. The molecule has 2 aliphatic heterocycles. The van der Waals surface area contributed by atoms with Crippen LogP contribution < -0.4 is 14.8 Å². The second-order valence-electron chi connectivity index (χ2n) is 11.4. The number of likely N-dealkylation sites (tertiary alicyclic amines) is 1. The fraction of sp³-hybridized carbons (Fsp3) is 0.484. The van der Waals surface area contributed by atoms with Gasteiger partial charge < -0.3 is 38.8 Å². The van der Waals surface area contributed by atoms with Gasteiger partial charge in [-0.05, 0) is 69.2 Å². The standard InChI is InChI=1S/C31H39N3O9/c1-31(2,3)43-30(38)33-17-22-26(18-33)42-25(16-27(35)32-21-10-8-20(9-11-21)29(37)41-6)28(36)34(22)14-13-19-7-12-23(39-4)24(15-19)40-5/h7-12,15,22,25-26H,13-14,16-18H2,1-6H3,(H,32,35). The summed E-state index contributed by atoms with van der Waals surface area (Å²) in [4.78, 5) is 54.5. The molecule has 12 heteroatoms. The first-order valence-electron chi connectivity index (χ1n) is 14.1. The first-order valence-corrected chi connectivity index (χ1v) is 14.1. The number of rotatable bonds is 9. The van der Waals surface area contributed by atoms with Gasteiger partial charge in [-0.2, -0.15) is 0 Å². The molecule has 2 aromatic carbocycles. The molecule has 2 fully saturated rings. The van der Waals surface area contributed by atoms with Crippen molar-refractivity contribution in [2.45, 2.75) is 57.5 Å². The molecule has 232 valence electrons. The Labute approximate surface area is 251 Å². The van der Waals surface area contributed by atoms with Gasteiger partial charge in [-0.1, -0.05) is 6.07 Å². The molecule has 2 heterocycles. The van der Waals surface area contributed by atoms with Crippen molar-refractivity contribution < 1.29 is 42.9 Å². The van der Waals surface area contributed by atoms with Crippen LogP contribution in [0.15, 0.2) is 42.5 Å². The molecule has 1 N–H and O–H groups in total. The van der Waals surface area contributed by atoms with Gasteiger partial charge in [0.1, 0.15) is 11.7 Å². The van der Waals surface area contributed by atoms with Crippen LogP contribution in [0.3, 0.4) is 0 Å². The van der Waals surface area contributed by atoms with Crippen molar-refractivity contribution in [2.75, 3.05) is 46.3 Å². The zero-order chi connectivity index (χ0) is 31.3. The number of hydrogen-bond donors (Lipinski definition) is 1. The van der Waals surface area contributed by atoms with Gasteiger partial charge in [0.05, 0.1) is 52.0 Å². The number of methoxy groups -OCH3 is 3. The number of carbonyl (C=O) groups is 4. The van der Waals surface area contributed by atoms with E-state index in [4.69, 9.17) is 23.7 Å². The van der Waals surface area contributed by atoms with Crippen LogP contribution in [0.25, 0.3) is 0 Å². The van der Waals surface area contributed by atoms with Crippen molar-refractivity contribution in [2.24, 2.45) is 0 Å². The Morgan fingerprint density at radius 2 is 1.67 bits per heavy atom. The van der Waals surface area contributed by atoms with Gasteiger partial charge in [-0.25, -0.2) is 9.59 Å². The van der Waals surface area contributed by atoms with E-state index >= 15 is 0 Å². The summed E-state index contributed by atoms with van der Waals surface area (Å²) >= 11 is 0. The van der Waals surface area contributed by atoms with E-state index in [0.29, 0.717) is 35.7 Å². The minimum atomic E-state index is -1.04. The molecular formula is C31H39N3O9. The van der Waals surface area contributed by atoms with Crippen molar-refractivity contribution in [1.82, 2.24) is 9.80 Å². The Morgan fingerprint density at radius 3 is 2.30 bits per heavy atom. The first kappa shape index (κ1) is 31.6. The molecule has 0 spiro atoms. The number of esters is 1. The normalized spacial score (nSPS) is 19.9. The minimum absolute atomic E-state index is 0.222. The highest BCUT2D eigenvalue weighted by atomic mass is 16.6. The molecule has 4 rings (SSSR count). The summed E-state index contributed by atoms with van der Waals surface area (Å²) in [5, 5.41) is 2.75. The average Bonchev–Trinajstić information content (AvgIpc) is 3.40. The second kappa shape index (κ2) is 13.3. The lowest BCUT2D eigenvalue weighted by Crippen LogP contribution is -2.59. The smallest absolute Gasteiger partial charge is 0.410 e. The molecule has 0 aliphatic carbocycles. The fourth-order valence-corrected chi connectivity index (χ4v) is 5.17. The van der Waals surface area contributed by atoms with Gasteiger partial charge >= 0.3 is 12.1 Å². The molecule has 3 atom stereocenters. The third-order valence-electron chi connectivity index (χ3n) is 7.24. The van der Waals surface area contributed by atoms with Gasteiger partial charge in [-0.3, -0.25) is 9.59 Å². The first-order chi connectivity index (χ1) is 20.4. The van der Waals surface area contributed by atoms with E-state index in [2.05, 4.69) is 5.32 Å². The van der Waals surface area contributed by atoms with Gasteiger partial charge in [-0.15, -0.1) is 0 Å². The van der Waals surface area contributed by atoms with Crippen molar-refractivity contribution >= 4 is 29.6 Å². The lowest BCUT2D eigenvalue weighted by Gasteiger charge is -2.40. The number of benzene rings is 2. The monoisotopic (exact) mass is 597 g/mol. The predicted molar refractivity (Wildman–Crippen MR) is 156 cm³/mol. The number of nitrogens with zero attached hydrogens (tertiary/aromatic N) is 2. The Bertz CT molecular complexity index is 1340. The summed E-state index contributed by atoms with van der Waals surface area (Å²) in [6.07, 6.45) is -1.73. The molecule has 2 aliphatic rings. The van der Waals surface area contributed by atoms with Gasteiger partial charge in [0.25, 0.3) is 5.91 Å². The number of carbonyl (C=O) groups excluding carboxylic acids is 4. The fourth-order valence-electron chi connectivity index (χ4n) is 5.17. The van der Waals surface area contributed by atoms with Crippen LogP contribution in [-0.4, -0.2) is 98.5 Å². The van der Waals surface area contributed by atoms with Crippen LogP contribution in [0.4, 0.5) is 10.5 Å². The third kappa shape index (κ3) is 7.75. The topological polar surface area (TPSA) is 133 Å². The molecule has 0 aromatic heterocycles. The van der Waals surface area contributed by atoms with E-state index in [-0.39, 0.29) is 25.4 Å². The Balaban J connectivity index is 1.49. The number of nitrogens with one attached hydrogen (secondary N) is 1. The molecule has 3 unspecified atom stereocenters. The van der Waals surface area contributed by atoms with Crippen molar-refractivity contribution in [3.63, 3.8) is 0 Å². The highest BCUT2D eigenvalue weighted by molar-refractivity contribution is 5.96. The summed E-state index contributed by atoms with van der Waals surface area (Å²) in [7, 11) is 4.41. The quantitative estimate of drug-likeness (QED) is 0.433. The van der Waals surface area contributed by atoms with Gasteiger partial charge in [0, 0.05) is 18.8 Å². The van der Waals surface area contributed by atoms with E-state index in [1.807, 2.05) is 18.2 Å². The molecule has 2 aromatic rings. The summed E-state index contributed by atoms with van der Waals surface area (Å²) in [6, 6.07) is 11.4. The number of amides is 3. The van der Waals surface area contributed by atoms with Crippen molar-refractivity contribution in [3.8, 4) is 11.5 Å². The highest BCUT2D eigenvalue weighted by Gasteiger charge is 2.49. The number of hydrogen-bond acceptors (Lipinski definition) is 9. The lowest BCUT2D eigenvalue weighted by atomic mass is 10.0. The maximum atomic E-state index is 13.7. The molecule has 2 saturated heterocycles. The minimum Gasteiger partial charge on any atom is -0.493 e. The van der Waals surface area contributed by atoms with Crippen LogP contribution in [0.1, 0.15) is 43.1 Å². The maximum Gasteiger partial charge on any atom is 0.410 e. The molecule has 0 radical (unpaired) electrons. The SMILES string of the molecule is COC(=O)c1ccc(NC(=O)CC2OC3CN(C(=O)OC(C)(C)C)CC3N(CCc3ccc(OC)c(OC)c3)C2=O)cc1. The Hall–Kier alpha value is -4.32. The van der Waals surface area contributed by atoms with Gasteiger partial charge in [0.15, 0.2) is 11.5 Å². The van der Waals surface area contributed by atoms with Crippen LogP contribution in [0.2, 0.25) is 0 Å². The molecule has 0 saturated carbocycles. The molecule has 3 amide bonds. The molecule has 0 bridgehead atoms.